The molecule has 3 nitrogen and oxygen atoms in total. The Morgan fingerprint density at radius 3 is 2.74 bits per heavy atom. The number of aliphatic hydroxyl groups is 1. The van der Waals surface area contributed by atoms with E-state index in [9.17, 15) is 18.7 Å². The Morgan fingerprint density at radius 2 is 2.00 bits per heavy atom. The van der Waals surface area contributed by atoms with Gasteiger partial charge in [0, 0.05) is 17.2 Å². The summed E-state index contributed by atoms with van der Waals surface area (Å²) in [6.07, 6.45) is -0.217. The van der Waals surface area contributed by atoms with Crippen LogP contribution in [0.3, 0.4) is 0 Å². The van der Waals surface area contributed by atoms with Crippen LogP contribution in [0.2, 0.25) is 0 Å². The lowest BCUT2D eigenvalue weighted by atomic mass is 10.1. The van der Waals surface area contributed by atoms with Crippen molar-refractivity contribution in [3.8, 4) is 0 Å². The molecule has 3 atom stereocenters. The Labute approximate surface area is 133 Å². The zero-order chi connectivity index (χ0) is 16.6. The Balaban J connectivity index is 1.73. The molecule has 1 amide bonds. The summed E-state index contributed by atoms with van der Waals surface area (Å²) in [6, 6.07) is 10.3. The van der Waals surface area contributed by atoms with Gasteiger partial charge < -0.3 is 10.4 Å². The number of hydrogen-bond donors (Lipinski definition) is 2. The Morgan fingerprint density at radius 1 is 1.26 bits per heavy atom. The van der Waals surface area contributed by atoms with E-state index in [2.05, 4.69) is 5.32 Å². The summed E-state index contributed by atoms with van der Waals surface area (Å²) in [5.41, 5.74) is 1.40. The molecule has 3 unspecified atom stereocenters. The largest absolute Gasteiger partial charge is 0.389 e. The molecule has 0 aliphatic heterocycles. The van der Waals surface area contributed by atoms with Crippen LogP contribution in [-0.4, -0.2) is 11.0 Å². The molecule has 0 spiro atoms. The molecule has 2 aromatic carbocycles. The molecule has 2 aromatic rings. The van der Waals surface area contributed by atoms with Gasteiger partial charge in [-0.3, -0.25) is 4.79 Å². The maximum Gasteiger partial charge on any atom is 0.228 e. The second-order valence-corrected chi connectivity index (χ2v) is 5.87. The van der Waals surface area contributed by atoms with Crippen molar-refractivity contribution in [3.63, 3.8) is 0 Å². The van der Waals surface area contributed by atoms with Crippen molar-refractivity contribution >= 4 is 11.6 Å². The number of rotatable bonds is 4. The molecule has 0 saturated heterocycles. The fourth-order valence-corrected chi connectivity index (χ4v) is 2.83. The summed E-state index contributed by atoms with van der Waals surface area (Å²) in [7, 11) is 0. The quantitative estimate of drug-likeness (QED) is 0.902. The van der Waals surface area contributed by atoms with Gasteiger partial charge in [-0.05, 0) is 49.1 Å². The Hall–Kier alpha value is -2.27. The van der Waals surface area contributed by atoms with E-state index < -0.39 is 17.7 Å². The second-order valence-electron chi connectivity index (χ2n) is 5.87. The molecule has 0 aromatic heterocycles. The Kier molecular flexibility index (Phi) is 4.13. The van der Waals surface area contributed by atoms with Crippen LogP contribution in [0.15, 0.2) is 42.5 Å². The van der Waals surface area contributed by atoms with E-state index in [1.807, 2.05) is 0 Å². The number of halogens is 2. The van der Waals surface area contributed by atoms with Gasteiger partial charge in [-0.1, -0.05) is 18.2 Å². The monoisotopic (exact) mass is 317 g/mol. The minimum Gasteiger partial charge on any atom is -0.389 e. The normalized spacial score (nSPS) is 20.9. The molecule has 0 heterocycles. The highest BCUT2D eigenvalue weighted by Gasteiger charge is 2.45. The summed E-state index contributed by atoms with van der Waals surface area (Å²) >= 11 is 0. The maximum absolute atomic E-state index is 13.8. The number of anilines is 1. The van der Waals surface area contributed by atoms with Crippen molar-refractivity contribution in [1.82, 2.24) is 0 Å². The molecule has 1 aliphatic rings. The average molecular weight is 317 g/mol. The minimum atomic E-state index is -0.706. The third-order valence-electron chi connectivity index (χ3n) is 4.15. The highest BCUT2D eigenvalue weighted by atomic mass is 19.1. The van der Waals surface area contributed by atoms with Crippen molar-refractivity contribution in [3.05, 3.63) is 65.2 Å². The molecule has 120 valence electrons. The van der Waals surface area contributed by atoms with Gasteiger partial charge in [0.15, 0.2) is 0 Å². The van der Waals surface area contributed by atoms with Crippen molar-refractivity contribution < 1.29 is 18.7 Å². The van der Waals surface area contributed by atoms with E-state index in [1.165, 1.54) is 0 Å². The Bertz CT molecular complexity index is 746. The van der Waals surface area contributed by atoms with Gasteiger partial charge in [0.05, 0.1) is 6.10 Å². The number of nitrogens with one attached hydrogen (secondary N) is 1. The number of carbonyl (C=O) groups is 1. The average Bonchev–Trinajstić information content (AvgIpc) is 3.30. The van der Waals surface area contributed by atoms with E-state index in [1.54, 1.807) is 31.2 Å². The van der Waals surface area contributed by atoms with Gasteiger partial charge >= 0.3 is 0 Å². The summed E-state index contributed by atoms with van der Waals surface area (Å²) < 4.78 is 27.0. The van der Waals surface area contributed by atoms with Crippen LogP contribution < -0.4 is 5.32 Å². The molecule has 2 N–H and O–H groups in total. The minimum absolute atomic E-state index is 0.244. The van der Waals surface area contributed by atoms with Crippen LogP contribution in [0.25, 0.3) is 0 Å². The topological polar surface area (TPSA) is 49.3 Å². The molecule has 23 heavy (non-hydrogen) atoms. The lowest BCUT2D eigenvalue weighted by Gasteiger charge is -2.13. The predicted octanol–water partition coefficient (Wildman–Crippen LogP) is 3.76. The maximum atomic E-state index is 13.8. The van der Waals surface area contributed by atoms with Crippen molar-refractivity contribution in [2.45, 2.75) is 25.4 Å². The van der Waals surface area contributed by atoms with Gasteiger partial charge in [-0.25, -0.2) is 8.78 Å². The van der Waals surface area contributed by atoms with Crippen molar-refractivity contribution in [2.24, 2.45) is 5.92 Å². The van der Waals surface area contributed by atoms with Crippen LogP contribution in [0, 0.1) is 17.6 Å². The summed E-state index contributed by atoms with van der Waals surface area (Å²) in [5, 5.41) is 12.5. The summed E-state index contributed by atoms with van der Waals surface area (Å²) in [5.74, 6) is -1.92. The molecule has 3 rings (SSSR count). The van der Waals surface area contributed by atoms with Crippen molar-refractivity contribution in [1.29, 1.82) is 0 Å². The van der Waals surface area contributed by atoms with Gasteiger partial charge in [0.25, 0.3) is 0 Å². The van der Waals surface area contributed by atoms with Gasteiger partial charge in [0.1, 0.15) is 11.6 Å². The highest BCUT2D eigenvalue weighted by molar-refractivity contribution is 5.95. The number of hydrogen-bond acceptors (Lipinski definition) is 2. The molecule has 1 fully saturated rings. The fraction of sp³-hybridized carbons (Fsp3) is 0.278. The number of amides is 1. The van der Waals surface area contributed by atoms with Crippen LogP contribution in [0.4, 0.5) is 14.5 Å². The lowest BCUT2D eigenvalue weighted by molar-refractivity contribution is -0.117. The van der Waals surface area contributed by atoms with E-state index >= 15 is 0 Å². The van der Waals surface area contributed by atoms with Crippen molar-refractivity contribution in [2.75, 3.05) is 5.32 Å². The van der Waals surface area contributed by atoms with Crippen LogP contribution >= 0.6 is 0 Å². The molecule has 5 heteroatoms. The van der Waals surface area contributed by atoms with Gasteiger partial charge in [-0.15, -0.1) is 0 Å². The van der Waals surface area contributed by atoms with E-state index in [0.29, 0.717) is 17.7 Å². The second kappa shape index (κ2) is 6.08. The lowest BCUT2D eigenvalue weighted by Crippen LogP contribution is -2.16. The number of carbonyl (C=O) groups excluding carboxylic acids is 1. The molecule has 1 aliphatic carbocycles. The van der Waals surface area contributed by atoms with Gasteiger partial charge in [-0.2, -0.15) is 0 Å². The number of para-hydroxylation sites is 1. The number of aliphatic hydroxyl groups excluding tert-OH is 1. The highest BCUT2D eigenvalue weighted by Crippen LogP contribution is 2.49. The third kappa shape index (κ3) is 3.24. The molecule has 1 saturated carbocycles. The van der Waals surface area contributed by atoms with E-state index in [0.717, 1.165) is 18.2 Å². The third-order valence-corrected chi connectivity index (χ3v) is 4.15. The predicted molar refractivity (Wildman–Crippen MR) is 82.9 cm³/mol. The van der Waals surface area contributed by atoms with Crippen LogP contribution in [-0.2, 0) is 4.79 Å². The molecule has 0 radical (unpaired) electrons. The van der Waals surface area contributed by atoms with E-state index in [4.69, 9.17) is 0 Å². The first kappa shape index (κ1) is 15.6. The SMILES string of the molecule is CC(O)c1ccccc1NC(=O)C1CC1c1cc(F)ccc1F. The zero-order valence-electron chi connectivity index (χ0n) is 12.6. The molecular weight excluding hydrogens is 300 g/mol. The summed E-state index contributed by atoms with van der Waals surface area (Å²) in [6.45, 7) is 1.62. The van der Waals surface area contributed by atoms with Gasteiger partial charge in [0.2, 0.25) is 5.91 Å². The first-order chi connectivity index (χ1) is 11.0. The zero-order valence-corrected chi connectivity index (χ0v) is 12.6. The molecular formula is C18H17F2NO2. The van der Waals surface area contributed by atoms with E-state index in [-0.39, 0.29) is 23.3 Å². The first-order valence-electron chi connectivity index (χ1n) is 7.50. The molecule has 0 bridgehead atoms. The standard InChI is InChI=1S/C18H17F2NO2/c1-10(22)12-4-2-3-5-17(12)21-18(23)15-9-13(15)14-8-11(19)6-7-16(14)20/h2-8,10,13,15,22H,9H2,1H3,(H,21,23). The summed E-state index contributed by atoms with van der Waals surface area (Å²) in [4.78, 5) is 12.3. The smallest absolute Gasteiger partial charge is 0.228 e. The first-order valence-corrected chi connectivity index (χ1v) is 7.50. The van der Waals surface area contributed by atoms with Crippen LogP contribution in [0.5, 0.6) is 0 Å². The number of benzene rings is 2. The van der Waals surface area contributed by atoms with Crippen LogP contribution in [0.1, 0.15) is 36.5 Å². The fourth-order valence-electron chi connectivity index (χ4n) is 2.83.